The molecule has 1 rings (SSSR count). The van der Waals surface area contributed by atoms with Gasteiger partial charge in [-0.05, 0) is 23.8 Å². The van der Waals surface area contributed by atoms with E-state index in [9.17, 15) is 4.79 Å². The van der Waals surface area contributed by atoms with E-state index in [1.807, 2.05) is 23.8 Å². The average molecular weight is 228 g/mol. The summed E-state index contributed by atoms with van der Waals surface area (Å²) in [7, 11) is 0. The highest BCUT2D eigenvalue weighted by molar-refractivity contribution is 7.98. The lowest BCUT2D eigenvalue weighted by molar-refractivity contribution is -0.137. The first-order chi connectivity index (χ1) is 6.83. The van der Waals surface area contributed by atoms with Gasteiger partial charge in [0.1, 0.15) is 6.61 Å². The maximum atomic E-state index is 11.1. The van der Waals surface area contributed by atoms with Crippen LogP contribution in [0.5, 0.6) is 0 Å². The smallest absolute Gasteiger partial charge is 0.330 e. The summed E-state index contributed by atoms with van der Waals surface area (Å²) < 4.78 is 4.94. The second-order valence-corrected chi connectivity index (χ2v) is 4.47. The van der Waals surface area contributed by atoms with Crippen LogP contribution in [0.4, 0.5) is 0 Å². The molecule has 2 nitrogen and oxygen atoms in total. The van der Waals surface area contributed by atoms with Crippen LogP contribution in [0.25, 0.3) is 6.08 Å². The number of hydrogen-bond acceptors (Lipinski definition) is 4. The number of carbonyl (C=O) groups excluding carboxylic acids is 1. The minimum atomic E-state index is -0.271. The van der Waals surface area contributed by atoms with E-state index < -0.39 is 0 Å². The van der Waals surface area contributed by atoms with E-state index in [1.54, 1.807) is 29.2 Å². The summed E-state index contributed by atoms with van der Waals surface area (Å²) in [4.78, 5) is 12.2. The molecule has 0 saturated heterocycles. The Balaban J connectivity index is 2.26. The first kappa shape index (κ1) is 11.3. The summed E-state index contributed by atoms with van der Waals surface area (Å²) >= 11 is 3.25. The highest BCUT2D eigenvalue weighted by Gasteiger charge is 1.95. The number of hydrogen-bond donors (Lipinski definition) is 0. The lowest BCUT2D eigenvalue weighted by Gasteiger charge is -1.98. The Bertz CT molecular complexity index is 291. The fraction of sp³-hybridized carbons (Fsp3) is 0.300. The van der Waals surface area contributed by atoms with Gasteiger partial charge in [-0.1, -0.05) is 6.07 Å². The highest BCUT2D eigenvalue weighted by Crippen LogP contribution is 2.10. The van der Waals surface area contributed by atoms with Crippen LogP contribution in [0.3, 0.4) is 0 Å². The van der Waals surface area contributed by atoms with Crippen LogP contribution in [-0.2, 0) is 9.53 Å². The molecule has 0 aliphatic heterocycles. The molecule has 0 spiro atoms. The third-order valence-corrected chi connectivity index (χ3v) is 2.87. The van der Waals surface area contributed by atoms with Gasteiger partial charge in [0.2, 0.25) is 0 Å². The zero-order valence-corrected chi connectivity index (χ0v) is 9.57. The van der Waals surface area contributed by atoms with Crippen molar-refractivity contribution in [3.63, 3.8) is 0 Å². The summed E-state index contributed by atoms with van der Waals surface area (Å²) in [5.74, 6) is 0.575. The van der Waals surface area contributed by atoms with Crippen molar-refractivity contribution in [3.8, 4) is 0 Å². The summed E-state index contributed by atoms with van der Waals surface area (Å²) in [6, 6.07) is 3.90. The number of rotatable bonds is 5. The van der Waals surface area contributed by atoms with Crippen LogP contribution in [0.2, 0.25) is 0 Å². The van der Waals surface area contributed by atoms with Gasteiger partial charge in [-0.2, -0.15) is 11.8 Å². The normalized spacial score (nSPS) is 10.6. The molecule has 76 valence electrons. The highest BCUT2D eigenvalue weighted by atomic mass is 32.2. The van der Waals surface area contributed by atoms with Crippen LogP contribution in [0, 0.1) is 0 Å². The predicted octanol–water partition coefficient (Wildman–Crippen LogP) is 2.67. The molecule has 0 saturated carbocycles. The summed E-state index contributed by atoms with van der Waals surface area (Å²) in [5.41, 5.74) is 0. The van der Waals surface area contributed by atoms with Crippen LogP contribution in [0.15, 0.2) is 23.6 Å². The number of esters is 1. The van der Waals surface area contributed by atoms with Crippen molar-refractivity contribution in [3.05, 3.63) is 28.5 Å². The molecule has 0 radical (unpaired) electrons. The fourth-order valence-electron chi connectivity index (χ4n) is 0.810. The van der Waals surface area contributed by atoms with E-state index in [-0.39, 0.29) is 5.97 Å². The monoisotopic (exact) mass is 228 g/mol. The maximum Gasteiger partial charge on any atom is 0.330 e. The fourth-order valence-corrected chi connectivity index (χ4v) is 1.68. The number of ether oxygens (including phenoxy) is 1. The molecule has 0 N–H and O–H groups in total. The van der Waals surface area contributed by atoms with E-state index in [1.165, 1.54) is 6.08 Å². The third kappa shape index (κ3) is 4.48. The molecule has 0 bridgehead atoms. The number of carbonyl (C=O) groups is 1. The molecule has 4 heteroatoms. The van der Waals surface area contributed by atoms with E-state index >= 15 is 0 Å². The van der Waals surface area contributed by atoms with Gasteiger partial charge in [-0.3, -0.25) is 0 Å². The topological polar surface area (TPSA) is 26.3 Å². The lowest BCUT2D eigenvalue weighted by Crippen LogP contribution is -2.03. The van der Waals surface area contributed by atoms with Gasteiger partial charge in [0.15, 0.2) is 0 Å². The van der Waals surface area contributed by atoms with Crippen LogP contribution >= 0.6 is 23.1 Å². The Morgan fingerprint density at radius 2 is 2.57 bits per heavy atom. The van der Waals surface area contributed by atoms with Crippen LogP contribution < -0.4 is 0 Å². The van der Waals surface area contributed by atoms with Gasteiger partial charge in [0.25, 0.3) is 0 Å². The van der Waals surface area contributed by atoms with Crippen molar-refractivity contribution in [2.24, 2.45) is 0 Å². The second-order valence-electron chi connectivity index (χ2n) is 2.51. The minimum Gasteiger partial charge on any atom is -0.462 e. The Kier molecular flexibility index (Phi) is 5.40. The first-order valence-electron chi connectivity index (χ1n) is 4.20. The molecule has 0 atom stereocenters. The molecule has 0 aliphatic rings. The third-order valence-electron chi connectivity index (χ3n) is 1.46. The van der Waals surface area contributed by atoms with Gasteiger partial charge in [0.05, 0.1) is 0 Å². The average Bonchev–Trinajstić information content (AvgIpc) is 2.68. The Labute approximate surface area is 92.0 Å². The molecule has 14 heavy (non-hydrogen) atoms. The zero-order chi connectivity index (χ0) is 10.2. The maximum absolute atomic E-state index is 11.1. The second kappa shape index (κ2) is 6.68. The predicted molar refractivity (Wildman–Crippen MR) is 62.7 cm³/mol. The van der Waals surface area contributed by atoms with Crippen molar-refractivity contribution in [2.45, 2.75) is 0 Å². The van der Waals surface area contributed by atoms with Gasteiger partial charge in [-0.15, -0.1) is 11.3 Å². The zero-order valence-electron chi connectivity index (χ0n) is 7.93. The Hall–Kier alpha value is -0.740. The van der Waals surface area contributed by atoms with Crippen molar-refractivity contribution < 1.29 is 9.53 Å². The Morgan fingerprint density at radius 1 is 1.71 bits per heavy atom. The largest absolute Gasteiger partial charge is 0.462 e. The number of thioether (sulfide) groups is 1. The summed E-state index contributed by atoms with van der Waals surface area (Å²) in [6.45, 7) is 0.481. The van der Waals surface area contributed by atoms with Crippen molar-refractivity contribution >= 4 is 35.1 Å². The van der Waals surface area contributed by atoms with Gasteiger partial charge >= 0.3 is 5.97 Å². The first-order valence-corrected chi connectivity index (χ1v) is 6.47. The van der Waals surface area contributed by atoms with E-state index in [0.29, 0.717) is 6.61 Å². The summed E-state index contributed by atoms with van der Waals surface area (Å²) in [6.07, 6.45) is 5.22. The van der Waals surface area contributed by atoms with Crippen molar-refractivity contribution in [1.29, 1.82) is 0 Å². The summed E-state index contributed by atoms with van der Waals surface area (Å²) in [5, 5.41) is 1.97. The standard InChI is InChI=1S/C10H12O2S2/c1-13-8-6-12-10(11)5-4-9-3-2-7-14-9/h2-5,7H,6,8H2,1H3/b5-4+. The van der Waals surface area contributed by atoms with Crippen LogP contribution in [-0.4, -0.2) is 24.6 Å². The van der Waals surface area contributed by atoms with E-state index in [4.69, 9.17) is 4.74 Å². The van der Waals surface area contributed by atoms with Gasteiger partial charge in [0, 0.05) is 16.7 Å². The quantitative estimate of drug-likeness (QED) is 0.440. The lowest BCUT2D eigenvalue weighted by atomic mass is 10.4. The molecule has 0 amide bonds. The Morgan fingerprint density at radius 3 is 3.21 bits per heavy atom. The molecule has 0 aliphatic carbocycles. The van der Waals surface area contributed by atoms with E-state index in [0.717, 1.165) is 10.6 Å². The van der Waals surface area contributed by atoms with Crippen molar-refractivity contribution in [1.82, 2.24) is 0 Å². The van der Waals surface area contributed by atoms with E-state index in [2.05, 4.69) is 0 Å². The molecule has 1 aromatic rings. The van der Waals surface area contributed by atoms with Gasteiger partial charge < -0.3 is 4.74 Å². The van der Waals surface area contributed by atoms with Crippen LogP contribution in [0.1, 0.15) is 4.88 Å². The molecular weight excluding hydrogens is 216 g/mol. The molecule has 0 fully saturated rings. The minimum absolute atomic E-state index is 0.271. The molecule has 0 unspecified atom stereocenters. The van der Waals surface area contributed by atoms with Crippen molar-refractivity contribution in [2.75, 3.05) is 18.6 Å². The van der Waals surface area contributed by atoms with Gasteiger partial charge in [-0.25, -0.2) is 4.79 Å². The molecule has 0 aromatic carbocycles. The number of thiophene rings is 1. The molecule has 1 aromatic heterocycles. The molecule has 1 heterocycles. The molecular formula is C10H12O2S2. The SMILES string of the molecule is CSCCOC(=O)/C=C/c1cccs1.